The minimum Gasteiger partial charge on any atom is -0.392 e. The van der Waals surface area contributed by atoms with E-state index in [1.54, 1.807) is 24.3 Å². The fourth-order valence-electron chi connectivity index (χ4n) is 3.02. The Kier molecular flexibility index (Phi) is 5.79. The minimum absolute atomic E-state index is 0.00595. The average Bonchev–Trinajstić information content (AvgIpc) is 2.47. The Balaban J connectivity index is 1.94. The van der Waals surface area contributed by atoms with E-state index >= 15 is 0 Å². The van der Waals surface area contributed by atoms with Crippen molar-refractivity contribution in [3.05, 3.63) is 35.4 Å². The van der Waals surface area contributed by atoms with Gasteiger partial charge in [0.15, 0.2) is 0 Å². The summed E-state index contributed by atoms with van der Waals surface area (Å²) in [5.41, 5.74) is 1.55. The first kappa shape index (κ1) is 16.5. The molecule has 0 spiro atoms. The summed E-state index contributed by atoms with van der Waals surface area (Å²) in [6.07, 6.45) is 5.35. The van der Waals surface area contributed by atoms with Crippen LogP contribution in [0.4, 0.5) is 0 Å². The lowest BCUT2D eigenvalue weighted by molar-refractivity contribution is 0.282. The number of nitrogens with one attached hydrogen (secondary N) is 1. The molecule has 0 bridgehead atoms. The van der Waals surface area contributed by atoms with E-state index in [0.717, 1.165) is 36.8 Å². The molecule has 2 N–H and O–H groups in total. The van der Waals surface area contributed by atoms with E-state index in [1.165, 1.54) is 6.42 Å². The molecule has 1 aliphatic carbocycles. The summed E-state index contributed by atoms with van der Waals surface area (Å²) >= 11 is 0. The summed E-state index contributed by atoms with van der Waals surface area (Å²) < 4.78 is 27.4. The number of rotatable bonds is 6. The van der Waals surface area contributed by atoms with Crippen LogP contribution in [0, 0.1) is 5.92 Å². The molecule has 5 heteroatoms. The van der Waals surface area contributed by atoms with Crippen LogP contribution in [0.3, 0.4) is 0 Å². The van der Waals surface area contributed by atoms with Crippen molar-refractivity contribution in [2.24, 2.45) is 5.92 Å². The van der Waals surface area contributed by atoms with Gasteiger partial charge in [-0.3, -0.25) is 0 Å². The number of aliphatic hydroxyl groups is 1. The highest BCUT2D eigenvalue weighted by molar-refractivity contribution is 7.88. The molecule has 1 aromatic carbocycles. The van der Waals surface area contributed by atoms with Crippen molar-refractivity contribution in [2.45, 2.75) is 57.4 Å². The van der Waals surface area contributed by atoms with Gasteiger partial charge < -0.3 is 5.11 Å². The quantitative estimate of drug-likeness (QED) is 0.848. The van der Waals surface area contributed by atoms with Crippen LogP contribution in [-0.4, -0.2) is 19.6 Å². The zero-order valence-corrected chi connectivity index (χ0v) is 13.4. The van der Waals surface area contributed by atoms with Gasteiger partial charge in [0.1, 0.15) is 0 Å². The van der Waals surface area contributed by atoms with E-state index in [-0.39, 0.29) is 18.4 Å². The smallest absolute Gasteiger partial charge is 0.216 e. The number of hydrogen-bond donors (Lipinski definition) is 2. The van der Waals surface area contributed by atoms with Gasteiger partial charge in [0.2, 0.25) is 10.0 Å². The Morgan fingerprint density at radius 3 is 2.48 bits per heavy atom. The summed E-state index contributed by atoms with van der Waals surface area (Å²) in [5, 5.41) is 9.00. The lowest BCUT2D eigenvalue weighted by atomic mass is 9.85. The van der Waals surface area contributed by atoms with Crippen molar-refractivity contribution in [3.8, 4) is 0 Å². The third-order valence-corrected chi connectivity index (χ3v) is 5.67. The van der Waals surface area contributed by atoms with Gasteiger partial charge in [0, 0.05) is 6.04 Å². The van der Waals surface area contributed by atoms with Crippen LogP contribution in [0.25, 0.3) is 0 Å². The first-order valence-electron chi connectivity index (χ1n) is 7.71. The molecule has 21 heavy (non-hydrogen) atoms. The SMILES string of the molecule is CCC1CCCC(NS(=O)(=O)Cc2ccc(CO)cc2)C1. The van der Waals surface area contributed by atoms with Crippen LogP contribution in [0.1, 0.15) is 50.2 Å². The molecule has 0 heterocycles. The Labute approximate surface area is 127 Å². The lowest BCUT2D eigenvalue weighted by Gasteiger charge is -2.28. The maximum Gasteiger partial charge on any atom is 0.216 e. The highest BCUT2D eigenvalue weighted by atomic mass is 32.2. The molecule has 0 aromatic heterocycles. The fraction of sp³-hybridized carbons (Fsp3) is 0.625. The first-order valence-corrected chi connectivity index (χ1v) is 9.36. The monoisotopic (exact) mass is 311 g/mol. The Hall–Kier alpha value is -0.910. The summed E-state index contributed by atoms with van der Waals surface area (Å²) in [5.74, 6) is 0.654. The first-order chi connectivity index (χ1) is 10.0. The minimum atomic E-state index is -3.30. The van der Waals surface area contributed by atoms with Crippen LogP contribution in [0.15, 0.2) is 24.3 Å². The predicted octanol–water partition coefficient (Wildman–Crippen LogP) is 2.57. The number of hydrogen-bond acceptors (Lipinski definition) is 3. The second kappa shape index (κ2) is 7.38. The highest BCUT2D eigenvalue weighted by Gasteiger charge is 2.24. The molecular weight excluding hydrogens is 286 g/mol. The van der Waals surface area contributed by atoms with Crippen LogP contribution >= 0.6 is 0 Å². The second-order valence-corrected chi connectivity index (χ2v) is 7.74. The molecule has 1 aromatic rings. The molecule has 0 amide bonds. The van der Waals surface area contributed by atoms with Gasteiger partial charge in [-0.05, 0) is 29.9 Å². The molecule has 1 fully saturated rings. The van der Waals surface area contributed by atoms with E-state index in [1.807, 2.05) is 0 Å². The maximum absolute atomic E-state index is 12.3. The average molecular weight is 311 g/mol. The molecule has 0 saturated heterocycles. The van der Waals surface area contributed by atoms with E-state index in [9.17, 15) is 8.42 Å². The van der Waals surface area contributed by atoms with Gasteiger partial charge >= 0.3 is 0 Å². The van der Waals surface area contributed by atoms with Gasteiger partial charge in [-0.15, -0.1) is 0 Å². The molecule has 2 rings (SSSR count). The van der Waals surface area contributed by atoms with E-state index in [4.69, 9.17) is 5.11 Å². The Morgan fingerprint density at radius 2 is 1.86 bits per heavy atom. The van der Waals surface area contributed by atoms with Crippen LogP contribution in [0.2, 0.25) is 0 Å². The van der Waals surface area contributed by atoms with Crippen molar-refractivity contribution in [2.75, 3.05) is 0 Å². The molecule has 4 nitrogen and oxygen atoms in total. The molecule has 2 atom stereocenters. The van der Waals surface area contributed by atoms with Crippen molar-refractivity contribution in [1.29, 1.82) is 0 Å². The van der Waals surface area contributed by atoms with Crippen molar-refractivity contribution < 1.29 is 13.5 Å². The predicted molar refractivity (Wildman–Crippen MR) is 84.2 cm³/mol. The number of aliphatic hydroxyl groups excluding tert-OH is 1. The van der Waals surface area contributed by atoms with Gasteiger partial charge in [0.25, 0.3) is 0 Å². The van der Waals surface area contributed by atoms with Crippen LogP contribution in [-0.2, 0) is 22.4 Å². The molecular formula is C16H25NO3S. The molecule has 0 aliphatic heterocycles. The highest BCUT2D eigenvalue weighted by Crippen LogP contribution is 2.27. The maximum atomic E-state index is 12.3. The third-order valence-electron chi connectivity index (χ3n) is 4.27. The molecule has 118 valence electrons. The summed E-state index contributed by atoms with van der Waals surface area (Å²) in [4.78, 5) is 0. The normalized spacial score (nSPS) is 23.1. The summed E-state index contributed by atoms with van der Waals surface area (Å²) in [6, 6.07) is 7.14. The van der Waals surface area contributed by atoms with E-state index < -0.39 is 10.0 Å². The van der Waals surface area contributed by atoms with Crippen molar-refractivity contribution in [3.63, 3.8) is 0 Å². The second-order valence-electron chi connectivity index (χ2n) is 5.99. The van der Waals surface area contributed by atoms with Crippen LogP contribution < -0.4 is 4.72 Å². The largest absolute Gasteiger partial charge is 0.392 e. The van der Waals surface area contributed by atoms with E-state index in [2.05, 4.69) is 11.6 Å². The third kappa shape index (κ3) is 5.09. The molecule has 1 aliphatic rings. The van der Waals surface area contributed by atoms with Crippen LogP contribution in [0.5, 0.6) is 0 Å². The Morgan fingerprint density at radius 1 is 1.19 bits per heavy atom. The summed E-state index contributed by atoms with van der Waals surface area (Å²) in [6.45, 7) is 2.15. The standard InChI is InChI=1S/C16H25NO3S/c1-2-13-4-3-5-16(10-13)17-21(19,20)12-15-8-6-14(11-18)7-9-15/h6-9,13,16-18H,2-5,10-12H2,1H3. The van der Waals surface area contributed by atoms with Gasteiger partial charge in [-0.2, -0.15) is 0 Å². The van der Waals surface area contributed by atoms with Gasteiger partial charge in [0.05, 0.1) is 12.4 Å². The molecule has 1 saturated carbocycles. The van der Waals surface area contributed by atoms with Crippen molar-refractivity contribution >= 4 is 10.0 Å². The van der Waals surface area contributed by atoms with Crippen molar-refractivity contribution in [1.82, 2.24) is 4.72 Å². The number of sulfonamides is 1. The van der Waals surface area contributed by atoms with Gasteiger partial charge in [-0.1, -0.05) is 50.5 Å². The van der Waals surface area contributed by atoms with Gasteiger partial charge in [-0.25, -0.2) is 13.1 Å². The molecule has 2 unspecified atom stereocenters. The zero-order chi connectivity index (χ0) is 15.3. The lowest BCUT2D eigenvalue weighted by Crippen LogP contribution is -2.38. The fourth-order valence-corrected chi connectivity index (χ4v) is 4.46. The topological polar surface area (TPSA) is 66.4 Å². The molecule has 0 radical (unpaired) electrons. The number of benzene rings is 1. The zero-order valence-electron chi connectivity index (χ0n) is 12.6. The van der Waals surface area contributed by atoms with E-state index in [0.29, 0.717) is 5.92 Å². The summed E-state index contributed by atoms with van der Waals surface area (Å²) in [7, 11) is -3.30. The Bertz CT molecular complexity index is 539.